The number of anilines is 1. The number of pyridine rings is 1. The van der Waals surface area contributed by atoms with E-state index in [1.54, 1.807) is 37.0 Å². The normalized spacial score (nSPS) is 28.5. The van der Waals surface area contributed by atoms with Crippen LogP contribution in [-0.2, 0) is 0 Å². The number of nitrogens with zero attached hydrogens (tertiary/aromatic N) is 4. The largest absolute Gasteiger partial charge is 0.479 e. The van der Waals surface area contributed by atoms with Gasteiger partial charge in [0.1, 0.15) is 30.0 Å². The lowest BCUT2D eigenvalue weighted by molar-refractivity contribution is 0.369. The van der Waals surface area contributed by atoms with Crippen molar-refractivity contribution in [2.75, 3.05) is 11.9 Å². The maximum Gasteiger partial charge on any atom is 0.160 e. The third kappa shape index (κ3) is 4.14. The molecule has 0 radical (unpaired) electrons. The summed E-state index contributed by atoms with van der Waals surface area (Å²) < 4.78 is 20.6. The molecule has 2 aromatic heterocycles. The molecule has 176 valence electrons. The van der Waals surface area contributed by atoms with Crippen LogP contribution in [0.15, 0.2) is 59.4 Å². The molecule has 3 N–H and O–H groups in total. The van der Waals surface area contributed by atoms with Crippen molar-refractivity contribution >= 4 is 33.8 Å². The Bertz CT molecular complexity index is 1300. The quantitative estimate of drug-likeness (QED) is 0.443. The van der Waals surface area contributed by atoms with Gasteiger partial charge in [-0.15, -0.1) is 6.42 Å². The van der Waals surface area contributed by atoms with Gasteiger partial charge in [0.25, 0.3) is 0 Å². The van der Waals surface area contributed by atoms with Crippen molar-refractivity contribution in [3.8, 4) is 18.1 Å². The molecule has 3 heterocycles. The first kappa shape index (κ1) is 23.8. The minimum Gasteiger partial charge on any atom is -0.479 e. The second-order valence-corrected chi connectivity index (χ2v) is 10.4. The van der Waals surface area contributed by atoms with Gasteiger partial charge in [-0.25, -0.2) is 19.3 Å². The number of terminal acetylenes is 1. The average molecular weight is 479 g/mol. The Balaban J connectivity index is 1.52. The Morgan fingerprint density at radius 2 is 2.15 bits per heavy atom. The predicted molar refractivity (Wildman–Crippen MR) is 136 cm³/mol. The van der Waals surface area contributed by atoms with E-state index in [9.17, 15) is 0 Å². The minimum atomic E-state index is -0.773. The zero-order valence-corrected chi connectivity index (χ0v) is 20.4. The van der Waals surface area contributed by atoms with E-state index < -0.39 is 11.4 Å². The lowest BCUT2D eigenvalue weighted by Gasteiger charge is -2.33. The van der Waals surface area contributed by atoms with Gasteiger partial charge in [-0.05, 0) is 38.8 Å². The number of allylic oxidation sites excluding steroid dienone is 3. The molecule has 2 aromatic rings. The summed E-state index contributed by atoms with van der Waals surface area (Å²) in [6, 6.07) is 1.73. The summed E-state index contributed by atoms with van der Waals surface area (Å²) >= 11 is 1.57. The number of thioether (sulfide) groups is 1. The van der Waals surface area contributed by atoms with Gasteiger partial charge in [0.2, 0.25) is 0 Å². The van der Waals surface area contributed by atoms with Crippen LogP contribution in [0.3, 0.4) is 0 Å². The summed E-state index contributed by atoms with van der Waals surface area (Å²) in [5.41, 5.74) is 7.43. The first-order valence-corrected chi connectivity index (χ1v) is 11.6. The van der Waals surface area contributed by atoms with Crippen molar-refractivity contribution in [2.24, 2.45) is 22.6 Å². The Labute approximate surface area is 202 Å². The van der Waals surface area contributed by atoms with Gasteiger partial charge in [-0.2, -0.15) is 0 Å². The maximum absolute atomic E-state index is 15.2. The molecule has 1 aliphatic carbocycles. The van der Waals surface area contributed by atoms with E-state index in [-0.39, 0.29) is 17.3 Å². The van der Waals surface area contributed by atoms with E-state index in [4.69, 9.17) is 16.9 Å². The topological polar surface area (TPSA) is 98.3 Å². The van der Waals surface area contributed by atoms with E-state index in [0.717, 1.165) is 0 Å². The standard InChI is InChI=1S/C25H27FN6OS/c1-7-10-33-17-11-19-20(28-12-17)22(30-13-29-19)31-14(2)8-9-18(26)15(3)24(5)21-16(4)25(21,6)34-23(27)32-24/h1,8-9,11-13,16,21H,3,10H2,2,4-6H3,(H2,27,32)(H,29,30,31)/b14-8+,18-9+/t16-,21-,24+,25-/m0/s1. The van der Waals surface area contributed by atoms with Crippen molar-refractivity contribution in [2.45, 2.75) is 38.0 Å². The van der Waals surface area contributed by atoms with Gasteiger partial charge in [-0.1, -0.05) is 31.2 Å². The molecule has 0 unspecified atom stereocenters. The fraction of sp³-hybridized carbons (Fsp3) is 0.360. The van der Waals surface area contributed by atoms with E-state index in [2.05, 4.69) is 51.6 Å². The van der Waals surface area contributed by atoms with Crippen LogP contribution in [0.2, 0.25) is 0 Å². The van der Waals surface area contributed by atoms with Crippen molar-refractivity contribution in [3.05, 3.63) is 54.4 Å². The molecule has 1 aliphatic heterocycles. The smallest absolute Gasteiger partial charge is 0.160 e. The number of halogens is 1. The highest BCUT2D eigenvalue weighted by Gasteiger charge is 2.69. The molecule has 1 fully saturated rings. The molecule has 0 aromatic carbocycles. The van der Waals surface area contributed by atoms with Crippen LogP contribution in [0.4, 0.5) is 10.2 Å². The summed E-state index contributed by atoms with van der Waals surface area (Å²) in [6.07, 6.45) is 11.2. The van der Waals surface area contributed by atoms with Crippen LogP contribution < -0.4 is 15.8 Å². The van der Waals surface area contributed by atoms with Crippen molar-refractivity contribution in [3.63, 3.8) is 0 Å². The fourth-order valence-corrected chi connectivity index (χ4v) is 6.19. The third-order valence-electron chi connectivity index (χ3n) is 6.65. The molecule has 4 rings (SSSR count). The summed E-state index contributed by atoms with van der Waals surface area (Å²) in [6.45, 7) is 12.2. The summed E-state index contributed by atoms with van der Waals surface area (Å²) in [4.78, 5) is 17.5. The third-order valence-corrected chi connectivity index (χ3v) is 8.02. The molecule has 34 heavy (non-hydrogen) atoms. The number of nitrogens with one attached hydrogen (secondary N) is 1. The highest BCUT2D eigenvalue weighted by atomic mass is 32.2. The summed E-state index contributed by atoms with van der Waals surface area (Å²) in [5.74, 6) is 3.53. The Morgan fingerprint density at radius 3 is 2.88 bits per heavy atom. The predicted octanol–water partition coefficient (Wildman–Crippen LogP) is 4.61. The first-order chi connectivity index (χ1) is 16.1. The first-order valence-electron chi connectivity index (χ1n) is 10.8. The number of aromatic nitrogens is 3. The molecule has 4 atom stereocenters. The lowest BCUT2D eigenvalue weighted by Crippen LogP contribution is -2.37. The van der Waals surface area contributed by atoms with E-state index >= 15 is 4.39 Å². The molecular formula is C25H27FN6OS. The molecule has 0 saturated heterocycles. The highest BCUT2D eigenvalue weighted by molar-refractivity contribution is 8.15. The second-order valence-electron chi connectivity index (χ2n) is 8.87. The van der Waals surface area contributed by atoms with E-state index in [1.165, 1.54) is 12.4 Å². The fourth-order valence-electron chi connectivity index (χ4n) is 4.69. The van der Waals surface area contributed by atoms with Gasteiger partial charge >= 0.3 is 0 Å². The number of rotatable bonds is 7. The SMILES string of the molecule is C#CCOc1cnc2c(N/C(C)=C/C=C(/F)C(=C)[C@@]3(C)N=C(N)S[C@]4(C)[C@H]3[C@@H]4C)ncnc2c1. The number of hydrogen-bond acceptors (Lipinski definition) is 8. The van der Waals surface area contributed by atoms with Gasteiger partial charge in [0.15, 0.2) is 11.0 Å². The van der Waals surface area contributed by atoms with Gasteiger partial charge in [-0.3, -0.25) is 4.99 Å². The minimum absolute atomic E-state index is 0.0378. The van der Waals surface area contributed by atoms with Gasteiger partial charge < -0.3 is 15.8 Å². The van der Waals surface area contributed by atoms with E-state index in [0.29, 0.717) is 45.0 Å². The van der Waals surface area contributed by atoms with Crippen molar-refractivity contribution in [1.82, 2.24) is 15.0 Å². The van der Waals surface area contributed by atoms with Gasteiger partial charge in [0.05, 0.1) is 17.3 Å². The van der Waals surface area contributed by atoms with Crippen LogP contribution in [-0.4, -0.2) is 37.0 Å². The van der Waals surface area contributed by atoms with Crippen molar-refractivity contribution < 1.29 is 9.13 Å². The van der Waals surface area contributed by atoms with Crippen LogP contribution >= 0.6 is 11.8 Å². The Morgan fingerprint density at radius 1 is 1.38 bits per heavy atom. The molecular weight excluding hydrogens is 451 g/mol. The van der Waals surface area contributed by atoms with Gasteiger partial charge in [0, 0.05) is 28.0 Å². The molecule has 2 aliphatic rings. The maximum atomic E-state index is 15.2. The zero-order chi connectivity index (χ0) is 24.7. The number of ether oxygens (including phenoxy) is 1. The molecule has 0 spiro atoms. The summed E-state index contributed by atoms with van der Waals surface area (Å²) in [5, 5.41) is 3.63. The number of amidine groups is 1. The Hall–Kier alpha value is -3.38. The molecule has 7 nitrogen and oxygen atoms in total. The number of aliphatic imine (C=N–C) groups is 1. The van der Waals surface area contributed by atoms with E-state index in [1.807, 2.05) is 6.92 Å². The van der Waals surface area contributed by atoms with Crippen LogP contribution in [0.1, 0.15) is 27.7 Å². The van der Waals surface area contributed by atoms with Crippen LogP contribution in [0.5, 0.6) is 5.75 Å². The Kier molecular flexibility index (Phi) is 6.13. The second kappa shape index (κ2) is 8.76. The van der Waals surface area contributed by atoms with Crippen LogP contribution in [0.25, 0.3) is 11.0 Å². The van der Waals surface area contributed by atoms with Crippen molar-refractivity contribution in [1.29, 1.82) is 0 Å². The number of nitrogens with two attached hydrogens (primary N) is 1. The zero-order valence-electron chi connectivity index (χ0n) is 19.6. The monoisotopic (exact) mass is 478 g/mol. The lowest BCUT2D eigenvalue weighted by atomic mass is 9.85. The molecule has 1 saturated carbocycles. The summed E-state index contributed by atoms with van der Waals surface area (Å²) in [7, 11) is 0. The number of fused-ring (bicyclic) bond motifs is 2. The molecule has 9 heteroatoms. The average Bonchev–Trinajstić information content (AvgIpc) is 3.35. The number of hydrogen-bond donors (Lipinski definition) is 2. The highest BCUT2D eigenvalue weighted by Crippen LogP contribution is 2.68. The van der Waals surface area contributed by atoms with Crippen LogP contribution in [0, 0.1) is 24.2 Å². The molecule has 0 bridgehead atoms. The molecule has 0 amide bonds.